The zero-order valence-electron chi connectivity index (χ0n) is 12.4. The van der Waals surface area contributed by atoms with Gasteiger partial charge in [-0.2, -0.15) is 0 Å². The Kier molecular flexibility index (Phi) is 5.56. The number of nitro groups is 1. The first kappa shape index (κ1) is 17.8. The number of nitrogens with zero attached hydrogens (tertiary/aromatic N) is 1. The van der Waals surface area contributed by atoms with Crippen molar-refractivity contribution in [1.29, 1.82) is 0 Å². The second-order valence-corrected chi connectivity index (χ2v) is 4.55. The van der Waals surface area contributed by atoms with Crippen LogP contribution in [-0.4, -0.2) is 23.4 Å². The third-order valence-corrected chi connectivity index (χ3v) is 2.73. The van der Waals surface area contributed by atoms with Crippen molar-refractivity contribution in [2.24, 2.45) is 0 Å². The standard InChI is InChI=1S/C15H10F2N2O6/c16-9-1-4-12(11(17)7-9)18-13(20)8-24-15(21)6-3-10-2-5-14(25-10)19(22)23/h1-7H,8H2,(H,18,20)/b6-3+. The van der Waals surface area contributed by atoms with Gasteiger partial charge in [0.1, 0.15) is 22.3 Å². The topological polar surface area (TPSA) is 112 Å². The lowest BCUT2D eigenvalue weighted by atomic mass is 10.3. The van der Waals surface area contributed by atoms with Gasteiger partial charge in [-0.25, -0.2) is 13.6 Å². The molecule has 0 atom stereocenters. The molecule has 1 aromatic heterocycles. The minimum absolute atomic E-state index is 0.0430. The van der Waals surface area contributed by atoms with Crippen LogP contribution in [0.3, 0.4) is 0 Å². The molecule has 10 heteroatoms. The molecule has 1 N–H and O–H groups in total. The van der Waals surface area contributed by atoms with E-state index in [4.69, 9.17) is 4.42 Å². The van der Waals surface area contributed by atoms with Crippen molar-refractivity contribution in [2.75, 3.05) is 11.9 Å². The molecule has 1 amide bonds. The number of carbonyl (C=O) groups is 2. The van der Waals surface area contributed by atoms with E-state index in [0.717, 1.165) is 30.4 Å². The molecular weight excluding hydrogens is 342 g/mol. The van der Waals surface area contributed by atoms with E-state index in [1.54, 1.807) is 0 Å². The predicted octanol–water partition coefficient (Wildman–Crippen LogP) is 2.66. The molecule has 0 aliphatic rings. The maximum absolute atomic E-state index is 13.3. The van der Waals surface area contributed by atoms with Crippen LogP contribution in [0.4, 0.5) is 20.4 Å². The van der Waals surface area contributed by atoms with Gasteiger partial charge in [0.15, 0.2) is 6.61 Å². The number of benzene rings is 1. The van der Waals surface area contributed by atoms with Gasteiger partial charge in [0, 0.05) is 12.1 Å². The van der Waals surface area contributed by atoms with Gasteiger partial charge in [-0.1, -0.05) is 0 Å². The highest BCUT2D eigenvalue weighted by Gasteiger charge is 2.11. The number of furan rings is 1. The molecule has 130 valence electrons. The van der Waals surface area contributed by atoms with Crippen molar-refractivity contribution < 1.29 is 32.4 Å². The Morgan fingerprint density at radius 1 is 1.28 bits per heavy atom. The summed E-state index contributed by atoms with van der Waals surface area (Å²) >= 11 is 0. The molecule has 1 aromatic carbocycles. The number of nitrogens with one attached hydrogen (secondary N) is 1. The summed E-state index contributed by atoms with van der Waals surface area (Å²) in [4.78, 5) is 32.7. The minimum Gasteiger partial charge on any atom is -0.452 e. The van der Waals surface area contributed by atoms with Gasteiger partial charge in [0.05, 0.1) is 11.8 Å². The van der Waals surface area contributed by atoms with Crippen molar-refractivity contribution in [2.45, 2.75) is 0 Å². The van der Waals surface area contributed by atoms with Crippen LogP contribution in [0.2, 0.25) is 0 Å². The van der Waals surface area contributed by atoms with Crippen LogP contribution in [0.15, 0.2) is 40.8 Å². The number of anilines is 1. The van der Waals surface area contributed by atoms with Crippen LogP contribution >= 0.6 is 0 Å². The highest BCUT2D eigenvalue weighted by molar-refractivity contribution is 5.94. The Morgan fingerprint density at radius 2 is 2.04 bits per heavy atom. The summed E-state index contributed by atoms with van der Waals surface area (Å²) in [6, 6.07) is 4.94. The molecule has 25 heavy (non-hydrogen) atoms. The zero-order valence-corrected chi connectivity index (χ0v) is 12.4. The van der Waals surface area contributed by atoms with E-state index >= 15 is 0 Å². The van der Waals surface area contributed by atoms with Crippen LogP contribution in [0.25, 0.3) is 6.08 Å². The van der Waals surface area contributed by atoms with E-state index in [-0.39, 0.29) is 11.4 Å². The first-order chi connectivity index (χ1) is 11.8. The third kappa shape index (κ3) is 5.23. The lowest BCUT2D eigenvalue weighted by molar-refractivity contribution is -0.402. The first-order valence-electron chi connectivity index (χ1n) is 6.69. The van der Waals surface area contributed by atoms with Gasteiger partial charge in [0.2, 0.25) is 0 Å². The lowest BCUT2D eigenvalue weighted by Gasteiger charge is -2.06. The lowest BCUT2D eigenvalue weighted by Crippen LogP contribution is -2.20. The normalized spacial score (nSPS) is 10.6. The Labute approximate surface area is 138 Å². The molecule has 0 spiro atoms. The first-order valence-corrected chi connectivity index (χ1v) is 6.69. The maximum atomic E-state index is 13.3. The Bertz CT molecular complexity index is 846. The van der Waals surface area contributed by atoms with E-state index < -0.39 is 40.9 Å². The molecule has 0 radical (unpaired) electrons. The zero-order chi connectivity index (χ0) is 18.4. The molecule has 0 saturated carbocycles. The van der Waals surface area contributed by atoms with Crippen molar-refractivity contribution in [3.8, 4) is 0 Å². The van der Waals surface area contributed by atoms with Gasteiger partial charge in [-0.15, -0.1) is 0 Å². The Balaban J connectivity index is 1.83. The van der Waals surface area contributed by atoms with Gasteiger partial charge in [-0.3, -0.25) is 14.9 Å². The Morgan fingerprint density at radius 3 is 2.68 bits per heavy atom. The number of amides is 1. The van der Waals surface area contributed by atoms with Crippen molar-refractivity contribution in [3.63, 3.8) is 0 Å². The molecule has 0 aliphatic carbocycles. The number of hydrogen-bond donors (Lipinski definition) is 1. The summed E-state index contributed by atoms with van der Waals surface area (Å²) in [5, 5.41) is 12.5. The number of rotatable bonds is 6. The van der Waals surface area contributed by atoms with E-state index in [1.807, 2.05) is 0 Å². The third-order valence-electron chi connectivity index (χ3n) is 2.73. The number of hydrogen-bond acceptors (Lipinski definition) is 6. The summed E-state index contributed by atoms with van der Waals surface area (Å²) in [5.74, 6) is -3.98. The van der Waals surface area contributed by atoms with Crippen LogP contribution in [0, 0.1) is 21.7 Å². The van der Waals surface area contributed by atoms with Crippen LogP contribution in [-0.2, 0) is 14.3 Å². The number of halogens is 2. The fourth-order valence-electron chi connectivity index (χ4n) is 1.64. The predicted molar refractivity (Wildman–Crippen MR) is 80.3 cm³/mol. The molecule has 2 rings (SSSR count). The van der Waals surface area contributed by atoms with Crippen LogP contribution in [0.1, 0.15) is 5.76 Å². The van der Waals surface area contributed by atoms with Crippen molar-refractivity contribution in [3.05, 3.63) is 63.9 Å². The molecule has 8 nitrogen and oxygen atoms in total. The quantitative estimate of drug-likeness (QED) is 0.370. The summed E-state index contributed by atoms with van der Waals surface area (Å²) in [5.41, 5.74) is -0.263. The number of esters is 1. The molecule has 0 unspecified atom stereocenters. The fourth-order valence-corrected chi connectivity index (χ4v) is 1.64. The summed E-state index contributed by atoms with van der Waals surface area (Å²) in [6.07, 6.45) is 2.02. The van der Waals surface area contributed by atoms with Gasteiger partial charge in [-0.05, 0) is 24.3 Å². The molecule has 0 aliphatic heterocycles. The average Bonchev–Trinajstić information content (AvgIpc) is 3.03. The summed E-state index contributed by atoms with van der Waals surface area (Å²) in [7, 11) is 0. The monoisotopic (exact) mass is 352 g/mol. The molecule has 0 saturated heterocycles. The van der Waals surface area contributed by atoms with Crippen molar-refractivity contribution in [1.82, 2.24) is 0 Å². The maximum Gasteiger partial charge on any atom is 0.433 e. The Hall–Kier alpha value is -3.56. The number of ether oxygens (including phenoxy) is 1. The number of carbonyl (C=O) groups excluding carboxylic acids is 2. The molecule has 0 fully saturated rings. The molecular formula is C15H10F2N2O6. The summed E-state index contributed by atoms with van der Waals surface area (Å²) < 4.78 is 35.5. The van der Waals surface area contributed by atoms with Gasteiger partial charge in [0.25, 0.3) is 5.91 Å². The van der Waals surface area contributed by atoms with Gasteiger partial charge >= 0.3 is 11.9 Å². The SMILES string of the molecule is O=C(COC(=O)/C=C/c1ccc([N+](=O)[O-])o1)Nc1ccc(F)cc1F. The second kappa shape index (κ2) is 7.81. The highest BCUT2D eigenvalue weighted by Crippen LogP contribution is 2.17. The van der Waals surface area contributed by atoms with Crippen LogP contribution in [0.5, 0.6) is 0 Å². The molecule has 0 bridgehead atoms. The van der Waals surface area contributed by atoms with Gasteiger partial charge < -0.3 is 14.5 Å². The second-order valence-electron chi connectivity index (χ2n) is 4.55. The van der Waals surface area contributed by atoms with E-state index in [1.165, 1.54) is 6.07 Å². The van der Waals surface area contributed by atoms with E-state index in [9.17, 15) is 28.5 Å². The minimum atomic E-state index is -0.973. The van der Waals surface area contributed by atoms with Crippen molar-refractivity contribution >= 4 is 29.5 Å². The average molecular weight is 352 g/mol. The van der Waals surface area contributed by atoms with E-state index in [2.05, 4.69) is 10.1 Å². The van der Waals surface area contributed by atoms with E-state index in [0.29, 0.717) is 6.07 Å². The highest BCUT2D eigenvalue weighted by atomic mass is 19.1. The summed E-state index contributed by atoms with van der Waals surface area (Å²) in [6.45, 7) is -0.710. The molecule has 1 heterocycles. The van der Waals surface area contributed by atoms with Crippen LogP contribution < -0.4 is 5.32 Å². The largest absolute Gasteiger partial charge is 0.452 e. The molecule has 2 aromatic rings. The smallest absolute Gasteiger partial charge is 0.433 e. The fraction of sp³-hybridized carbons (Fsp3) is 0.0667.